The van der Waals surface area contributed by atoms with Crippen LogP contribution in [-0.4, -0.2) is 16.0 Å². The molecule has 136 valence electrons. The molecule has 3 N–H and O–H groups in total. The van der Waals surface area contributed by atoms with Gasteiger partial charge in [0.15, 0.2) is 5.82 Å². The predicted molar refractivity (Wildman–Crippen MR) is 101 cm³/mol. The number of rotatable bonds is 5. The van der Waals surface area contributed by atoms with Crippen molar-refractivity contribution in [1.82, 2.24) is 10.1 Å². The first kappa shape index (κ1) is 19.8. The number of carbonyl (C=O) groups excluding carboxylic acids is 1. The maximum atomic E-state index is 11.0. The lowest BCUT2D eigenvalue weighted by Crippen LogP contribution is -2.34. The minimum atomic E-state index is -0.424. The van der Waals surface area contributed by atoms with Crippen molar-refractivity contribution in [3.63, 3.8) is 0 Å². The van der Waals surface area contributed by atoms with E-state index in [1.165, 1.54) is 6.92 Å². The van der Waals surface area contributed by atoms with Gasteiger partial charge in [0.2, 0.25) is 11.8 Å². The molecule has 0 aliphatic heterocycles. The summed E-state index contributed by atoms with van der Waals surface area (Å²) < 4.78 is 5.43. The second kappa shape index (κ2) is 8.21. The lowest BCUT2D eigenvalue weighted by atomic mass is 9.99. The van der Waals surface area contributed by atoms with Crippen LogP contribution in [0.25, 0.3) is 0 Å². The maximum absolute atomic E-state index is 11.0. The van der Waals surface area contributed by atoms with Gasteiger partial charge in [-0.15, -0.1) is 24.2 Å². The number of nitrogens with one attached hydrogen (secondary N) is 1. The molecule has 1 aromatic carbocycles. The molecule has 1 saturated carbocycles. The Morgan fingerprint density at radius 1 is 1.32 bits per heavy atom. The molecule has 1 fully saturated rings. The topological polar surface area (TPSA) is 94.0 Å². The number of carbonyl (C=O) groups is 1. The predicted octanol–water partition coefficient (Wildman–Crippen LogP) is 4.03. The van der Waals surface area contributed by atoms with Crippen LogP contribution < -0.4 is 11.1 Å². The average molecular weight is 383 g/mol. The monoisotopic (exact) mass is 382 g/mol. The molecular weight excluding hydrogens is 360 g/mol. The van der Waals surface area contributed by atoms with Gasteiger partial charge in [0.25, 0.3) is 0 Å². The Morgan fingerprint density at radius 3 is 2.56 bits per heavy atom. The van der Waals surface area contributed by atoms with Crippen molar-refractivity contribution in [3.8, 4) is 0 Å². The third-order valence-electron chi connectivity index (χ3n) is 4.22. The number of amides is 1. The molecule has 0 radical (unpaired) electrons. The highest BCUT2D eigenvalue weighted by Crippen LogP contribution is 2.38. The molecule has 0 bridgehead atoms. The molecule has 0 spiro atoms. The number of anilines is 1. The van der Waals surface area contributed by atoms with Crippen molar-refractivity contribution in [2.75, 3.05) is 5.32 Å². The largest absolute Gasteiger partial charge is 0.338 e. The summed E-state index contributed by atoms with van der Waals surface area (Å²) in [6.45, 7) is 3.52. The van der Waals surface area contributed by atoms with Crippen LogP contribution in [0.4, 0.5) is 5.69 Å². The molecule has 1 amide bonds. The molecule has 2 aromatic rings. The van der Waals surface area contributed by atoms with Crippen molar-refractivity contribution in [2.24, 2.45) is 5.73 Å². The second-order valence-electron chi connectivity index (χ2n) is 6.29. The first-order valence-corrected chi connectivity index (χ1v) is 9.01. The summed E-state index contributed by atoms with van der Waals surface area (Å²) in [4.78, 5) is 16.6. The van der Waals surface area contributed by atoms with Crippen LogP contribution in [0.15, 0.2) is 33.7 Å². The highest BCUT2D eigenvalue weighted by atomic mass is 35.5. The maximum Gasteiger partial charge on any atom is 0.239 e. The Labute approximate surface area is 157 Å². The Hall–Kier alpha value is -1.57. The van der Waals surface area contributed by atoms with E-state index in [1.807, 2.05) is 31.2 Å². The van der Waals surface area contributed by atoms with Crippen LogP contribution in [0.1, 0.15) is 56.5 Å². The fourth-order valence-electron chi connectivity index (χ4n) is 2.91. The zero-order valence-electron chi connectivity index (χ0n) is 14.3. The minimum absolute atomic E-state index is 0. The summed E-state index contributed by atoms with van der Waals surface area (Å²) in [5.74, 6) is 1.14. The van der Waals surface area contributed by atoms with E-state index >= 15 is 0 Å². The van der Waals surface area contributed by atoms with Crippen molar-refractivity contribution in [3.05, 3.63) is 36.0 Å². The normalized spacial score (nSPS) is 16.9. The van der Waals surface area contributed by atoms with E-state index in [0.717, 1.165) is 36.3 Å². The molecule has 8 heteroatoms. The molecule has 1 atom stereocenters. The second-order valence-corrected chi connectivity index (χ2v) is 7.70. The van der Waals surface area contributed by atoms with E-state index in [2.05, 4.69) is 15.5 Å². The van der Waals surface area contributed by atoms with Crippen LogP contribution >= 0.6 is 24.2 Å². The highest BCUT2D eigenvalue weighted by molar-refractivity contribution is 7.99. The van der Waals surface area contributed by atoms with Gasteiger partial charge in [-0.3, -0.25) is 4.79 Å². The first-order chi connectivity index (χ1) is 11.5. The number of thioether (sulfide) groups is 1. The standard InChI is InChI=1S/C17H22N4O2S.ClH/c1-11(24-14-7-5-13(6-8-14)19-12(2)22)15-20-16(21-23-15)17(18)9-3-4-10-17;/h5-8,11H,3-4,9-10,18H2,1-2H3,(H,19,22);1H. The van der Waals surface area contributed by atoms with Crippen LogP contribution in [0.3, 0.4) is 0 Å². The van der Waals surface area contributed by atoms with E-state index in [4.69, 9.17) is 10.3 Å². The van der Waals surface area contributed by atoms with Gasteiger partial charge < -0.3 is 15.6 Å². The van der Waals surface area contributed by atoms with E-state index in [0.29, 0.717) is 11.7 Å². The number of halogens is 1. The van der Waals surface area contributed by atoms with E-state index in [1.54, 1.807) is 11.8 Å². The quantitative estimate of drug-likeness (QED) is 0.758. The van der Waals surface area contributed by atoms with E-state index in [-0.39, 0.29) is 23.6 Å². The third kappa shape index (κ3) is 4.74. The summed E-state index contributed by atoms with van der Waals surface area (Å²) in [5.41, 5.74) is 6.74. The average Bonchev–Trinajstić information content (AvgIpc) is 3.18. The van der Waals surface area contributed by atoms with Crippen LogP contribution in [0.5, 0.6) is 0 Å². The van der Waals surface area contributed by atoms with Crippen LogP contribution in [0.2, 0.25) is 0 Å². The minimum Gasteiger partial charge on any atom is -0.338 e. The number of hydrogen-bond acceptors (Lipinski definition) is 6. The van der Waals surface area contributed by atoms with Crippen molar-refractivity contribution < 1.29 is 9.32 Å². The number of nitrogens with two attached hydrogens (primary N) is 1. The Kier molecular flexibility index (Phi) is 6.48. The van der Waals surface area contributed by atoms with Gasteiger partial charge in [-0.1, -0.05) is 18.0 Å². The number of hydrogen-bond donors (Lipinski definition) is 2. The Bertz CT molecular complexity index is 714. The summed E-state index contributed by atoms with van der Waals surface area (Å²) in [6.07, 6.45) is 4.06. The van der Waals surface area contributed by atoms with Gasteiger partial charge >= 0.3 is 0 Å². The molecule has 3 rings (SSSR count). The SMILES string of the molecule is CC(=O)Nc1ccc(SC(C)c2nc(C3(N)CCCC3)no2)cc1.Cl. The highest BCUT2D eigenvalue weighted by Gasteiger charge is 2.36. The van der Waals surface area contributed by atoms with Crippen molar-refractivity contribution in [1.29, 1.82) is 0 Å². The van der Waals surface area contributed by atoms with Gasteiger partial charge in [0.1, 0.15) is 0 Å². The third-order valence-corrected chi connectivity index (χ3v) is 5.32. The molecule has 1 aromatic heterocycles. The number of aromatic nitrogens is 2. The van der Waals surface area contributed by atoms with Crippen molar-refractivity contribution in [2.45, 2.75) is 55.2 Å². The molecule has 25 heavy (non-hydrogen) atoms. The zero-order valence-corrected chi connectivity index (χ0v) is 16.0. The summed E-state index contributed by atoms with van der Waals surface area (Å²) in [7, 11) is 0. The molecule has 1 unspecified atom stereocenters. The lowest BCUT2D eigenvalue weighted by Gasteiger charge is -2.17. The molecule has 1 heterocycles. The van der Waals surface area contributed by atoms with E-state index < -0.39 is 5.54 Å². The summed E-state index contributed by atoms with van der Waals surface area (Å²) in [5, 5.41) is 6.89. The van der Waals surface area contributed by atoms with Crippen LogP contribution in [0, 0.1) is 0 Å². The summed E-state index contributed by atoms with van der Waals surface area (Å²) in [6, 6.07) is 7.68. The molecule has 0 saturated heterocycles. The van der Waals surface area contributed by atoms with Crippen molar-refractivity contribution >= 4 is 35.8 Å². The van der Waals surface area contributed by atoms with Crippen LogP contribution in [-0.2, 0) is 10.3 Å². The number of benzene rings is 1. The molecule has 1 aliphatic rings. The number of nitrogens with zero attached hydrogens (tertiary/aromatic N) is 2. The first-order valence-electron chi connectivity index (χ1n) is 8.13. The molecule has 6 nitrogen and oxygen atoms in total. The zero-order chi connectivity index (χ0) is 17.2. The Balaban J connectivity index is 0.00000225. The smallest absolute Gasteiger partial charge is 0.239 e. The summed E-state index contributed by atoms with van der Waals surface area (Å²) >= 11 is 1.63. The Morgan fingerprint density at radius 2 is 1.96 bits per heavy atom. The molecular formula is C17H23ClN4O2S. The van der Waals surface area contributed by atoms with Gasteiger partial charge in [0.05, 0.1) is 10.8 Å². The fourth-order valence-corrected chi connectivity index (χ4v) is 3.80. The van der Waals surface area contributed by atoms with Gasteiger partial charge in [0, 0.05) is 17.5 Å². The lowest BCUT2D eigenvalue weighted by molar-refractivity contribution is -0.114. The van der Waals surface area contributed by atoms with Gasteiger partial charge in [-0.05, 0) is 44.0 Å². The fraction of sp³-hybridized carbons (Fsp3) is 0.471. The van der Waals surface area contributed by atoms with E-state index in [9.17, 15) is 4.79 Å². The van der Waals surface area contributed by atoms with Gasteiger partial charge in [-0.25, -0.2) is 0 Å². The molecule has 1 aliphatic carbocycles. The van der Waals surface area contributed by atoms with Gasteiger partial charge in [-0.2, -0.15) is 4.98 Å².